The van der Waals surface area contributed by atoms with E-state index in [1.807, 2.05) is 23.6 Å². The predicted octanol–water partition coefficient (Wildman–Crippen LogP) is 4.26. The Bertz CT molecular complexity index is 843. The molecule has 0 amide bonds. The number of carbonyl (C=O) groups is 1. The van der Waals surface area contributed by atoms with Gasteiger partial charge in [-0.25, -0.2) is 9.78 Å². The van der Waals surface area contributed by atoms with Gasteiger partial charge in [-0.3, -0.25) is 0 Å². The van der Waals surface area contributed by atoms with Gasteiger partial charge in [0.2, 0.25) is 5.89 Å². The molecule has 3 aromatic rings. The second-order valence-corrected chi connectivity index (χ2v) is 7.00. The van der Waals surface area contributed by atoms with Crippen LogP contribution in [0.3, 0.4) is 0 Å². The fraction of sp³-hybridized carbons (Fsp3) is 0.125. The molecule has 0 radical (unpaired) electrons. The summed E-state index contributed by atoms with van der Waals surface area (Å²) in [5.74, 6) is 0.704. The highest BCUT2D eigenvalue weighted by atomic mass is 127. The zero-order valence-corrected chi connectivity index (χ0v) is 15.2. The highest BCUT2D eigenvalue weighted by Gasteiger charge is 2.16. The molecule has 2 aromatic heterocycles. The first-order valence-corrected chi connectivity index (χ1v) is 8.73. The number of ether oxygens (including phenoxy) is 1. The Morgan fingerprint density at radius 2 is 2.26 bits per heavy atom. The lowest BCUT2D eigenvalue weighted by Gasteiger charge is -2.06. The Kier molecular flexibility index (Phi) is 4.67. The van der Waals surface area contributed by atoms with Crippen LogP contribution in [0, 0.1) is 10.5 Å². The van der Waals surface area contributed by atoms with Gasteiger partial charge < -0.3 is 14.9 Å². The highest BCUT2D eigenvalue weighted by Crippen LogP contribution is 2.26. The Morgan fingerprint density at radius 3 is 3.00 bits per heavy atom. The van der Waals surface area contributed by atoms with Crippen LogP contribution in [0.4, 0.5) is 5.69 Å². The molecule has 0 saturated carbocycles. The number of nitrogens with two attached hydrogens (primary N) is 1. The van der Waals surface area contributed by atoms with Crippen molar-refractivity contribution in [3.8, 4) is 10.8 Å². The molecule has 0 aliphatic carbocycles. The van der Waals surface area contributed by atoms with Crippen LogP contribution in [0.15, 0.2) is 40.1 Å². The van der Waals surface area contributed by atoms with Crippen LogP contribution in [0.1, 0.15) is 21.8 Å². The van der Waals surface area contributed by atoms with Crippen molar-refractivity contribution in [3.05, 3.63) is 56.3 Å². The standard InChI is InChI=1S/C16H13IN2O3S/c1-9-13(19-15(22-9)14-3-2-6-23-14)8-21-16(20)11-7-10(17)4-5-12(11)18/h2-7H,8,18H2,1H3. The summed E-state index contributed by atoms with van der Waals surface area (Å²) in [5, 5.41) is 1.95. The van der Waals surface area contributed by atoms with Gasteiger partial charge in [0, 0.05) is 9.26 Å². The van der Waals surface area contributed by atoms with Gasteiger partial charge in [-0.2, -0.15) is 0 Å². The third kappa shape index (κ3) is 3.56. The smallest absolute Gasteiger partial charge is 0.340 e. The summed E-state index contributed by atoms with van der Waals surface area (Å²) >= 11 is 3.66. The summed E-state index contributed by atoms with van der Waals surface area (Å²) in [5.41, 5.74) is 7.18. The molecule has 0 bridgehead atoms. The lowest BCUT2D eigenvalue weighted by molar-refractivity contribution is 0.0468. The normalized spacial score (nSPS) is 10.7. The van der Waals surface area contributed by atoms with Crippen molar-refractivity contribution in [2.24, 2.45) is 0 Å². The van der Waals surface area contributed by atoms with E-state index in [9.17, 15) is 4.79 Å². The summed E-state index contributed by atoms with van der Waals surface area (Å²) < 4.78 is 11.9. The van der Waals surface area contributed by atoms with Gasteiger partial charge in [0.15, 0.2) is 0 Å². The van der Waals surface area contributed by atoms with Gasteiger partial charge in [0.1, 0.15) is 18.1 Å². The molecule has 1 aromatic carbocycles. The first kappa shape index (κ1) is 16.0. The van der Waals surface area contributed by atoms with E-state index in [1.165, 1.54) is 0 Å². The minimum Gasteiger partial charge on any atom is -0.455 e. The molecule has 0 saturated heterocycles. The van der Waals surface area contributed by atoms with Crippen molar-refractivity contribution in [1.29, 1.82) is 0 Å². The number of carbonyl (C=O) groups excluding carboxylic acids is 1. The Morgan fingerprint density at radius 1 is 1.43 bits per heavy atom. The number of nitrogens with zero attached hydrogens (tertiary/aromatic N) is 1. The minimum atomic E-state index is -0.471. The molecular formula is C16H13IN2O3S. The first-order valence-electron chi connectivity index (χ1n) is 6.77. The quantitative estimate of drug-likeness (QED) is 0.373. The largest absolute Gasteiger partial charge is 0.455 e. The molecule has 0 spiro atoms. The van der Waals surface area contributed by atoms with Crippen LogP contribution in [0.5, 0.6) is 0 Å². The highest BCUT2D eigenvalue weighted by molar-refractivity contribution is 14.1. The summed E-state index contributed by atoms with van der Waals surface area (Å²) in [6.07, 6.45) is 0. The van der Waals surface area contributed by atoms with Gasteiger partial charge in [0.25, 0.3) is 0 Å². The van der Waals surface area contributed by atoms with E-state index >= 15 is 0 Å². The van der Waals surface area contributed by atoms with Crippen LogP contribution >= 0.6 is 33.9 Å². The van der Waals surface area contributed by atoms with Crippen molar-refractivity contribution >= 4 is 45.6 Å². The minimum absolute atomic E-state index is 0.0461. The monoisotopic (exact) mass is 440 g/mol. The van der Waals surface area contributed by atoms with E-state index in [4.69, 9.17) is 14.9 Å². The maximum Gasteiger partial charge on any atom is 0.340 e. The molecule has 5 nitrogen and oxygen atoms in total. The molecule has 118 valence electrons. The lowest BCUT2D eigenvalue weighted by Crippen LogP contribution is -2.09. The number of thiophene rings is 1. The number of hydrogen-bond acceptors (Lipinski definition) is 6. The van der Waals surface area contributed by atoms with Gasteiger partial charge in [-0.1, -0.05) is 6.07 Å². The second-order valence-electron chi connectivity index (χ2n) is 4.81. The van der Waals surface area contributed by atoms with E-state index in [2.05, 4.69) is 27.6 Å². The molecule has 23 heavy (non-hydrogen) atoms. The van der Waals surface area contributed by atoms with Crippen molar-refractivity contribution < 1.29 is 13.9 Å². The molecule has 2 heterocycles. The number of esters is 1. The number of hydrogen-bond donors (Lipinski definition) is 1. The number of nitrogen functional groups attached to an aromatic ring is 1. The maximum absolute atomic E-state index is 12.2. The van der Waals surface area contributed by atoms with Gasteiger partial charge in [-0.15, -0.1) is 11.3 Å². The average Bonchev–Trinajstić information content (AvgIpc) is 3.17. The fourth-order valence-corrected chi connectivity index (χ4v) is 3.12. The van der Waals surface area contributed by atoms with E-state index in [0.29, 0.717) is 28.6 Å². The first-order chi connectivity index (χ1) is 11.0. The van der Waals surface area contributed by atoms with Crippen LogP contribution in [-0.4, -0.2) is 11.0 Å². The van der Waals surface area contributed by atoms with Crippen LogP contribution < -0.4 is 5.73 Å². The molecule has 2 N–H and O–H groups in total. The van der Waals surface area contributed by atoms with Crippen molar-refractivity contribution in [2.75, 3.05) is 5.73 Å². The van der Waals surface area contributed by atoms with Crippen molar-refractivity contribution in [1.82, 2.24) is 4.98 Å². The Labute approximate surface area is 150 Å². The number of aromatic nitrogens is 1. The number of rotatable bonds is 4. The van der Waals surface area contributed by atoms with E-state index in [0.717, 1.165) is 8.45 Å². The number of benzene rings is 1. The van der Waals surface area contributed by atoms with Crippen molar-refractivity contribution in [2.45, 2.75) is 13.5 Å². The third-order valence-corrected chi connectivity index (χ3v) is 4.73. The van der Waals surface area contributed by atoms with Gasteiger partial charge in [-0.05, 0) is 59.2 Å². The number of aryl methyl sites for hydroxylation is 1. The third-order valence-electron chi connectivity index (χ3n) is 3.20. The van der Waals surface area contributed by atoms with Gasteiger partial charge in [0.05, 0.1) is 10.4 Å². The van der Waals surface area contributed by atoms with E-state index in [1.54, 1.807) is 30.4 Å². The summed E-state index contributed by atoms with van der Waals surface area (Å²) in [4.78, 5) is 17.5. The van der Waals surface area contributed by atoms with E-state index in [-0.39, 0.29) is 6.61 Å². The SMILES string of the molecule is Cc1oc(-c2cccs2)nc1COC(=O)c1cc(I)ccc1N. The summed E-state index contributed by atoms with van der Waals surface area (Å²) in [7, 11) is 0. The maximum atomic E-state index is 12.2. The fourth-order valence-electron chi connectivity index (χ4n) is 1.98. The average molecular weight is 440 g/mol. The van der Waals surface area contributed by atoms with E-state index < -0.39 is 5.97 Å². The number of oxazole rings is 1. The molecule has 7 heteroatoms. The second kappa shape index (κ2) is 6.71. The topological polar surface area (TPSA) is 78.4 Å². The number of anilines is 1. The van der Waals surface area contributed by atoms with Crippen LogP contribution in [0.2, 0.25) is 0 Å². The molecule has 0 atom stereocenters. The predicted molar refractivity (Wildman–Crippen MR) is 97.2 cm³/mol. The molecule has 0 fully saturated rings. The summed E-state index contributed by atoms with van der Waals surface area (Å²) in [6, 6.07) is 9.08. The lowest BCUT2D eigenvalue weighted by atomic mass is 10.2. The van der Waals surface area contributed by atoms with Crippen LogP contribution in [-0.2, 0) is 11.3 Å². The molecule has 3 rings (SSSR count). The molecular weight excluding hydrogens is 427 g/mol. The summed E-state index contributed by atoms with van der Waals surface area (Å²) in [6.45, 7) is 1.84. The Balaban J connectivity index is 1.73. The van der Waals surface area contributed by atoms with Crippen molar-refractivity contribution in [3.63, 3.8) is 0 Å². The van der Waals surface area contributed by atoms with Gasteiger partial charge >= 0.3 is 5.97 Å². The molecule has 0 aliphatic rings. The zero-order valence-electron chi connectivity index (χ0n) is 12.2. The number of halogens is 1. The zero-order chi connectivity index (χ0) is 16.4. The molecule has 0 aliphatic heterocycles. The van der Waals surface area contributed by atoms with Crippen LogP contribution in [0.25, 0.3) is 10.8 Å². The Hall–Kier alpha value is -1.87. The molecule has 0 unspecified atom stereocenters.